The van der Waals surface area contributed by atoms with Gasteiger partial charge in [-0.05, 0) is 175 Å². The smallest absolute Gasteiger partial charge is 0.0696 e. The van der Waals surface area contributed by atoms with Gasteiger partial charge in [-0.1, -0.05) is 200 Å². The van der Waals surface area contributed by atoms with Gasteiger partial charge in [0.15, 0.2) is 0 Å². The molecule has 0 amide bonds. The molecule has 0 nitrogen and oxygen atoms in total. The summed E-state index contributed by atoms with van der Waals surface area (Å²) in [6.45, 7) is 16.8. The molecule has 0 fully saturated rings. The monoisotopic (exact) mass is 874 g/mol. The molecule has 0 aliphatic carbocycles. The van der Waals surface area contributed by atoms with Gasteiger partial charge in [0.1, 0.15) is 10.1 Å². The van der Waals surface area contributed by atoms with Crippen molar-refractivity contribution in [1.29, 1.82) is 0 Å². The highest BCUT2D eigenvalue weighted by Crippen LogP contribution is 2.49. The summed E-state index contributed by atoms with van der Waals surface area (Å²) in [7, 11) is 0.719. The van der Waals surface area contributed by atoms with Gasteiger partial charge < -0.3 is 0 Å². The van der Waals surface area contributed by atoms with E-state index >= 15 is 0 Å². The predicted octanol–water partition coefficient (Wildman–Crippen LogP) is 18.6. The van der Waals surface area contributed by atoms with Crippen LogP contribution < -0.4 is 0 Å². The molecule has 9 rings (SSSR count). The van der Waals surface area contributed by atoms with Crippen LogP contribution in [-0.2, 0) is 16.5 Å². The van der Waals surface area contributed by atoms with E-state index in [4.69, 9.17) is 0 Å². The van der Waals surface area contributed by atoms with Gasteiger partial charge in [0.2, 0.25) is 0 Å². The summed E-state index contributed by atoms with van der Waals surface area (Å²) >= 11 is 0. The Kier molecular flexibility index (Phi) is 13.4. The Bertz CT molecular complexity index is 3120. The third kappa shape index (κ3) is 8.39. The lowest BCUT2D eigenvalue weighted by Crippen LogP contribution is -2.45. The average molecular weight is 875 g/mol. The van der Waals surface area contributed by atoms with Gasteiger partial charge in [0.25, 0.3) is 0 Å². The van der Waals surface area contributed by atoms with E-state index in [0.29, 0.717) is 5.92 Å². The van der Waals surface area contributed by atoms with E-state index in [1.54, 1.807) is 0 Å². The number of unbranched alkanes of at least 4 members (excludes halogenated alkanes) is 2. The Balaban J connectivity index is 1.34. The molecule has 1 radical (unpaired) electrons. The number of aryl methyl sites for hydroxylation is 1. The minimum absolute atomic E-state index is 0.000959. The summed E-state index contributed by atoms with van der Waals surface area (Å²) in [5.74, 6) is 0.571. The van der Waals surface area contributed by atoms with Crippen LogP contribution >= 0.6 is 0 Å². The van der Waals surface area contributed by atoms with Crippen LogP contribution in [0.3, 0.4) is 0 Å². The van der Waals surface area contributed by atoms with E-state index in [-0.39, 0.29) is 10.1 Å². The highest BCUT2D eigenvalue weighted by atomic mass is 28.2. The first-order chi connectivity index (χ1) is 32.3. The molecule has 0 spiro atoms. The van der Waals surface area contributed by atoms with E-state index < -0.39 is 0 Å². The van der Waals surface area contributed by atoms with Gasteiger partial charge in [-0.3, -0.25) is 0 Å². The lowest BCUT2D eigenvalue weighted by Gasteiger charge is -2.30. The van der Waals surface area contributed by atoms with Crippen molar-refractivity contribution in [3.05, 3.63) is 192 Å². The number of hydrogen-bond acceptors (Lipinski definition) is 0. The van der Waals surface area contributed by atoms with Crippen LogP contribution in [0, 0.1) is 12.1 Å². The minimum atomic E-state index is 0.000959. The second-order valence-electron chi connectivity index (χ2n) is 19.2. The fourth-order valence-electron chi connectivity index (χ4n) is 11.1. The van der Waals surface area contributed by atoms with Gasteiger partial charge in [-0.15, -0.1) is 0 Å². The Hall–Kier alpha value is -5.94. The third-order valence-electron chi connectivity index (χ3n) is 15.2. The highest BCUT2D eigenvalue weighted by molar-refractivity contribution is 6.44. The Morgan fingerprint density at radius 2 is 1.21 bits per heavy atom. The Labute approximate surface area is 398 Å². The van der Waals surface area contributed by atoms with Crippen molar-refractivity contribution in [1.82, 2.24) is 0 Å². The van der Waals surface area contributed by atoms with Crippen LogP contribution in [0.15, 0.2) is 158 Å². The molecule has 329 valence electrons. The molecule has 0 aliphatic heterocycles. The largest absolute Gasteiger partial charge is 0.505 e. The molecule has 3 atom stereocenters. The van der Waals surface area contributed by atoms with Crippen molar-refractivity contribution in [2.75, 3.05) is 0 Å². The van der Waals surface area contributed by atoms with Crippen molar-refractivity contribution >= 4 is 52.6 Å². The summed E-state index contributed by atoms with van der Waals surface area (Å²) in [4.78, 5) is 0. The summed E-state index contributed by atoms with van der Waals surface area (Å²) in [6, 6.07) is 67.6. The van der Waals surface area contributed by atoms with Crippen molar-refractivity contribution in [3.8, 4) is 33.4 Å². The average Bonchev–Trinajstić information content (AvgIpc) is 3.37. The molecule has 0 aliphatic rings. The highest BCUT2D eigenvalue weighted by Gasteiger charge is 2.55. The second kappa shape index (κ2) is 19.5. The van der Waals surface area contributed by atoms with Crippen molar-refractivity contribution < 1.29 is 0 Å². The topological polar surface area (TPSA) is 0 Å². The maximum Gasteiger partial charge on any atom is 0.505 e. The molecule has 0 saturated carbocycles. The van der Waals surface area contributed by atoms with Crippen LogP contribution in [0.1, 0.15) is 128 Å². The molecule has 0 N–H and O–H groups in total. The first kappa shape index (κ1) is 45.2. The molecule has 0 heterocycles. The molecule has 2 unspecified atom stereocenters. The normalized spacial score (nSPS) is 14.0. The first-order valence-corrected chi connectivity index (χ1v) is 26.1. The van der Waals surface area contributed by atoms with Gasteiger partial charge in [0.05, 0.1) is 0 Å². The SMILES string of the molecule is CCCCCc1ccc(-c2c3ccccc3c(-c3cc4c#cccc4c4ccccc34)c3cc(C(CC)(CCC)[Si+]C(C)(CC)c4ccc([C@@H](C)CC)cc4)ccc23)cc1-c1ccccc1. The maximum absolute atomic E-state index is 3.53. The standard InChI is InChI=1S/C65H66Si/c1-8-13-15-24-48-33-34-50(43-59(48)47-25-16-14-17-26-47)62-56-31-22-23-32-57(56)63(60-42-49-27-18-19-28-53(49)54-29-20-21-30-55(54)60)61-44-52(39-40-58(61)62)65(12-5,41-9-2)66-64(7,11-4)51-37-35-46(36-38-51)45(6)10-3/h14,16-17,19-23,25-26,28-40,42-45H,8-13,15,24,41H2,1-7H3/q+1/t45-,64?,65?/m0/s1. The fourth-order valence-corrected chi connectivity index (χ4v) is 13.5. The van der Waals surface area contributed by atoms with E-state index in [2.05, 4.69) is 212 Å². The third-order valence-corrected chi connectivity index (χ3v) is 17.8. The molecule has 1 heteroatoms. The van der Waals surface area contributed by atoms with Crippen LogP contribution in [0.2, 0.25) is 0 Å². The van der Waals surface area contributed by atoms with E-state index in [0.717, 1.165) is 53.4 Å². The zero-order valence-corrected chi connectivity index (χ0v) is 41.5. The van der Waals surface area contributed by atoms with Crippen LogP contribution in [0.25, 0.3) is 76.5 Å². The molecule has 66 heavy (non-hydrogen) atoms. The molecule has 0 saturated heterocycles. The second-order valence-corrected chi connectivity index (χ2v) is 21.5. The molecule has 9 aromatic rings. The van der Waals surface area contributed by atoms with E-state index in [1.165, 1.54) is 113 Å². The molecular weight excluding hydrogens is 809 g/mol. The number of fused-ring (bicyclic) bond motifs is 5. The lowest BCUT2D eigenvalue weighted by molar-refractivity contribution is 0.489. The molecular formula is C65H66Si+. The summed E-state index contributed by atoms with van der Waals surface area (Å²) < 4.78 is 0. The zero-order valence-electron chi connectivity index (χ0n) is 40.5. The number of rotatable bonds is 17. The fraction of sp³-hybridized carbons (Fsp3) is 0.292. The van der Waals surface area contributed by atoms with Crippen LogP contribution in [0.5, 0.6) is 0 Å². The summed E-state index contributed by atoms with van der Waals surface area (Å²) in [6.07, 6.45) is 10.4. The molecule has 9 aromatic carbocycles. The van der Waals surface area contributed by atoms with Crippen molar-refractivity contribution in [2.24, 2.45) is 0 Å². The zero-order chi connectivity index (χ0) is 45.8. The van der Waals surface area contributed by atoms with Crippen molar-refractivity contribution in [2.45, 2.75) is 122 Å². The summed E-state index contributed by atoms with van der Waals surface area (Å²) in [5, 5.41) is 10.1. The maximum atomic E-state index is 3.53. The van der Waals surface area contributed by atoms with Crippen LogP contribution in [0.4, 0.5) is 0 Å². The lowest BCUT2D eigenvalue weighted by atomic mass is 9.81. The van der Waals surface area contributed by atoms with Gasteiger partial charge in [-0.25, -0.2) is 0 Å². The molecule has 0 bridgehead atoms. The number of benzene rings is 8. The first-order valence-electron chi connectivity index (χ1n) is 25.1. The quantitative estimate of drug-likeness (QED) is 0.0486. The Morgan fingerprint density at radius 3 is 1.91 bits per heavy atom. The molecule has 0 aromatic heterocycles. The minimum Gasteiger partial charge on any atom is -0.0696 e. The van der Waals surface area contributed by atoms with E-state index in [9.17, 15) is 0 Å². The predicted molar refractivity (Wildman–Crippen MR) is 289 cm³/mol. The van der Waals surface area contributed by atoms with Gasteiger partial charge in [-0.2, -0.15) is 0 Å². The number of hydrogen-bond donors (Lipinski definition) is 0. The summed E-state index contributed by atoms with van der Waals surface area (Å²) in [5.41, 5.74) is 13.6. The van der Waals surface area contributed by atoms with Gasteiger partial charge in [0, 0.05) is 5.39 Å². The van der Waals surface area contributed by atoms with Gasteiger partial charge >= 0.3 is 9.52 Å². The van der Waals surface area contributed by atoms with E-state index in [1.807, 2.05) is 6.07 Å². The Morgan fingerprint density at radius 1 is 0.530 bits per heavy atom. The van der Waals surface area contributed by atoms with Crippen molar-refractivity contribution in [3.63, 3.8) is 0 Å². The van der Waals surface area contributed by atoms with Crippen LogP contribution in [-0.4, -0.2) is 9.52 Å².